The summed E-state index contributed by atoms with van der Waals surface area (Å²) in [4.78, 5) is 0. The summed E-state index contributed by atoms with van der Waals surface area (Å²) in [5, 5.41) is 0. The van der Waals surface area contributed by atoms with Crippen molar-refractivity contribution in [3.8, 4) is 0 Å². The van der Waals surface area contributed by atoms with E-state index in [2.05, 4.69) is 6.92 Å². The molecule has 0 aromatic carbocycles. The lowest BCUT2D eigenvalue weighted by molar-refractivity contribution is 0.530. The highest BCUT2D eigenvalue weighted by Crippen LogP contribution is 2.62. The van der Waals surface area contributed by atoms with Gasteiger partial charge in [-0.25, -0.2) is 4.39 Å². The average Bonchev–Trinajstić information content (AvgIpc) is 2.32. The molecule has 8 heavy (non-hydrogen) atoms. The first-order valence-electron chi connectivity index (χ1n) is 3.10. The van der Waals surface area contributed by atoms with Crippen LogP contribution in [0.4, 0.5) is 4.39 Å². The molecule has 0 aromatic rings. The Balaban J connectivity index is 2.39. The molecule has 1 saturated carbocycles. The third-order valence-corrected chi connectivity index (χ3v) is 2.39. The maximum atomic E-state index is 12.5. The van der Waals surface area contributed by atoms with Crippen LogP contribution >= 0.6 is 0 Å². The minimum Gasteiger partial charge on any atom is -0.212 e. The van der Waals surface area contributed by atoms with E-state index < -0.39 is 0 Å². The van der Waals surface area contributed by atoms with Gasteiger partial charge in [0.1, 0.15) is 0 Å². The molecule has 0 amide bonds. The van der Waals surface area contributed by atoms with Gasteiger partial charge in [-0.2, -0.15) is 0 Å². The topological polar surface area (TPSA) is 0 Å². The maximum Gasteiger partial charge on any atom is 0.0997 e. The zero-order valence-corrected chi connectivity index (χ0v) is 5.00. The number of hydrogen-bond donors (Lipinski definition) is 0. The molecule has 0 bridgehead atoms. The van der Waals surface area contributed by atoms with Crippen molar-refractivity contribution in [3.05, 3.63) is 11.4 Å². The van der Waals surface area contributed by atoms with Crippen LogP contribution in [-0.4, -0.2) is 0 Å². The summed E-state index contributed by atoms with van der Waals surface area (Å²) in [5.74, 6) is 0.188. The van der Waals surface area contributed by atoms with Gasteiger partial charge >= 0.3 is 0 Å². The molecule has 0 heterocycles. The van der Waals surface area contributed by atoms with E-state index in [1.54, 1.807) is 0 Å². The van der Waals surface area contributed by atoms with Crippen molar-refractivity contribution in [2.45, 2.75) is 26.2 Å². The molecule has 1 fully saturated rings. The first-order chi connectivity index (χ1) is 3.72. The van der Waals surface area contributed by atoms with E-state index in [9.17, 15) is 4.39 Å². The molecule has 0 N–H and O–H groups in total. The molecule has 0 aliphatic heterocycles. The fraction of sp³-hybridized carbons (Fsp3) is 0.714. The third kappa shape index (κ3) is 0.355. The van der Waals surface area contributed by atoms with Crippen molar-refractivity contribution < 1.29 is 4.39 Å². The second kappa shape index (κ2) is 0.996. The van der Waals surface area contributed by atoms with Crippen LogP contribution in [0.2, 0.25) is 0 Å². The van der Waals surface area contributed by atoms with Gasteiger partial charge in [0, 0.05) is 0 Å². The monoisotopic (exact) mass is 112 g/mol. The van der Waals surface area contributed by atoms with Gasteiger partial charge in [0.15, 0.2) is 0 Å². The lowest BCUT2D eigenvalue weighted by Crippen LogP contribution is -1.85. The van der Waals surface area contributed by atoms with Gasteiger partial charge in [0.25, 0.3) is 0 Å². The summed E-state index contributed by atoms with van der Waals surface area (Å²) in [6.45, 7) is 2.15. The van der Waals surface area contributed by atoms with Gasteiger partial charge in [0.05, 0.1) is 5.83 Å². The molecule has 2 rings (SSSR count). The van der Waals surface area contributed by atoms with Crippen LogP contribution in [-0.2, 0) is 0 Å². The predicted octanol–water partition coefficient (Wildman–Crippen LogP) is 2.41. The number of fused-ring (bicyclic) bond motifs is 1. The first kappa shape index (κ1) is 4.54. The van der Waals surface area contributed by atoms with E-state index in [1.807, 2.05) is 0 Å². The van der Waals surface area contributed by atoms with Crippen molar-refractivity contribution in [2.24, 2.45) is 5.41 Å². The van der Waals surface area contributed by atoms with E-state index in [-0.39, 0.29) is 5.83 Å². The molecule has 1 unspecified atom stereocenters. The van der Waals surface area contributed by atoms with E-state index in [1.165, 1.54) is 0 Å². The highest BCUT2D eigenvalue weighted by Gasteiger charge is 2.50. The third-order valence-electron chi connectivity index (χ3n) is 2.39. The van der Waals surface area contributed by atoms with Crippen LogP contribution in [0.15, 0.2) is 11.4 Å². The van der Waals surface area contributed by atoms with Crippen LogP contribution < -0.4 is 0 Å². The minimum atomic E-state index is 0.188. The fourth-order valence-corrected chi connectivity index (χ4v) is 1.55. The highest BCUT2D eigenvalue weighted by molar-refractivity contribution is 5.38. The molecule has 0 nitrogen and oxygen atoms in total. The first-order valence-corrected chi connectivity index (χ1v) is 3.10. The van der Waals surface area contributed by atoms with Crippen LogP contribution in [0, 0.1) is 5.41 Å². The second-order valence-corrected chi connectivity index (χ2v) is 3.12. The average molecular weight is 112 g/mol. The summed E-state index contributed by atoms with van der Waals surface area (Å²) in [5.41, 5.74) is 1.45. The standard InChI is InChI=1S/C7H9F/c1-7-3-2-6(8)5(7)4-7/h2-4H2,1H3. The lowest BCUT2D eigenvalue weighted by Gasteiger charge is -1.96. The number of hydrogen-bond acceptors (Lipinski definition) is 0. The van der Waals surface area contributed by atoms with Gasteiger partial charge < -0.3 is 0 Å². The Labute approximate surface area is 48.4 Å². The Bertz CT molecular complexity index is 169. The molecule has 2 aliphatic carbocycles. The van der Waals surface area contributed by atoms with Crippen LogP contribution in [0.5, 0.6) is 0 Å². The van der Waals surface area contributed by atoms with Gasteiger partial charge in [-0.1, -0.05) is 6.92 Å². The van der Waals surface area contributed by atoms with Crippen LogP contribution in [0.1, 0.15) is 26.2 Å². The van der Waals surface area contributed by atoms with Crippen molar-refractivity contribution in [1.82, 2.24) is 0 Å². The quantitative estimate of drug-likeness (QED) is 0.451. The van der Waals surface area contributed by atoms with Gasteiger partial charge in [-0.3, -0.25) is 0 Å². The highest BCUT2D eigenvalue weighted by atomic mass is 19.1. The fourth-order valence-electron chi connectivity index (χ4n) is 1.55. The Kier molecular flexibility index (Phi) is 0.565. The smallest absolute Gasteiger partial charge is 0.0997 e. The number of halogens is 1. The van der Waals surface area contributed by atoms with E-state index in [4.69, 9.17) is 0 Å². The molecule has 0 saturated heterocycles. The van der Waals surface area contributed by atoms with Gasteiger partial charge in [0.2, 0.25) is 0 Å². The Morgan fingerprint density at radius 1 is 1.62 bits per heavy atom. The molecule has 1 heteroatoms. The Morgan fingerprint density at radius 2 is 2.38 bits per heavy atom. The van der Waals surface area contributed by atoms with Gasteiger partial charge in [-0.05, 0) is 30.3 Å². The summed E-state index contributed by atoms with van der Waals surface area (Å²) in [7, 11) is 0. The second-order valence-electron chi connectivity index (χ2n) is 3.12. The molecule has 44 valence electrons. The molecular weight excluding hydrogens is 103 g/mol. The van der Waals surface area contributed by atoms with Crippen LogP contribution in [0.3, 0.4) is 0 Å². The molecule has 0 radical (unpaired) electrons. The Hall–Kier alpha value is -0.330. The summed E-state index contributed by atoms with van der Waals surface area (Å²) < 4.78 is 12.5. The number of rotatable bonds is 0. The van der Waals surface area contributed by atoms with Crippen molar-refractivity contribution in [3.63, 3.8) is 0 Å². The molecule has 0 aromatic heterocycles. The maximum absolute atomic E-state index is 12.5. The van der Waals surface area contributed by atoms with E-state index in [0.717, 1.165) is 18.4 Å². The summed E-state index contributed by atoms with van der Waals surface area (Å²) in [6, 6.07) is 0. The van der Waals surface area contributed by atoms with E-state index in [0.29, 0.717) is 11.8 Å². The van der Waals surface area contributed by atoms with Gasteiger partial charge in [-0.15, -0.1) is 0 Å². The normalized spacial score (nSPS) is 42.8. The Morgan fingerprint density at radius 3 is 2.50 bits per heavy atom. The molecule has 2 aliphatic rings. The number of allylic oxidation sites excluding steroid dienone is 2. The van der Waals surface area contributed by atoms with Crippen LogP contribution in [0.25, 0.3) is 0 Å². The SMILES string of the molecule is CC12CCC(F)=C1C2. The van der Waals surface area contributed by atoms with E-state index >= 15 is 0 Å². The molecule has 0 spiro atoms. The minimum absolute atomic E-state index is 0.188. The van der Waals surface area contributed by atoms with Crippen molar-refractivity contribution >= 4 is 0 Å². The zero-order chi connectivity index (χ0) is 5.78. The molecule has 1 atom stereocenters. The molecular formula is C7H9F. The zero-order valence-electron chi connectivity index (χ0n) is 5.00. The van der Waals surface area contributed by atoms with Crippen molar-refractivity contribution in [2.75, 3.05) is 0 Å². The predicted molar refractivity (Wildman–Crippen MR) is 30.1 cm³/mol. The summed E-state index contributed by atoms with van der Waals surface area (Å²) in [6.07, 6.45) is 2.82. The largest absolute Gasteiger partial charge is 0.212 e. The lowest BCUT2D eigenvalue weighted by atomic mass is 10.1. The van der Waals surface area contributed by atoms with Crippen molar-refractivity contribution in [1.29, 1.82) is 0 Å². The summed E-state index contributed by atoms with van der Waals surface area (Å²) >= 11 is 0.